The summed E-state index contributed by atoms with van der Waals surface area (Å²) in [6, 6.07) is 5.83. The molecule has 0 saturated heterocycles. The summed E-state index contributed by atoms with van der Waals surface area (Å²) in [6.45, 7) is 8.83. The van der Waals surface area contributed by atoms with Crippen molar-refractivity contribution >= 4 is 11.6 Å². The molecular formula is C16H19ClN2O. The first-order chi connectivity index (χ1) is 9.38. The normalized spacial score (nSPS) is 11.4. The lowest BCUT2D eigenvalue weighted by atomic mass is 9.86. The molecule has 0 amide bonds. The number of halogens is 1. The van der Waals surface area contributed by atoms with Gasteiger partial charge < -0.3 is 4.74 Å². The third kappa shape index (κ3) is 3.48. The van der Waals surface area contributed by atoms with Gasteiger partial charge in [0.15, 0.2) is 0 Å². The Balaban J connectivity index is 2.28. The average molecular weight is 291 g/mol. The number of nitrogens with zero attached hydrogens (tertiary/aromatic N) is 2. The van der Waals surface area contributed by atoms with Crippen molar-refractivity contribution in [2.24, 2.45) is 0 Å². The van der Waals surface area contributed by atoms with Crippen LogP contribution in [0.5, 0.6) is 5.75 Å². The molecule has 0 aliphatic carbocycles. The van der Waals surface area contributed by atoms with Crippen LogP contribution in [0.3, 0.4) is 0 Å². The maximum atomic E-state index is 6.23. The first kappa shape index (κ1) is 14.8. The van der Waals surface area contributed by atoms with Gasteiger partial charge in [0.2, 0.25) is 0 Å². The van der Waals surface area contributed by atoms with Gasteiger partial charge in [0.05, 0.1) is 5.69 Å². The quantitative estimate of drug-likeness (QED) is 0.844. The summed E-state index contributed by atoms with van der Waals surface area (Å²) in [7, 11) is 0. The summed E-state index contributed by atoms with van der Waals surface area (Å²) in [5, 5.41) is 0.768. The number of rotatable bonds is 3. The van der Waals surface area contributed by atoms with Crippen molar-refractivity contribution in [1.29, 1.82) is 0 Å². The van der Waals surface area contributed by atoms with E-state index < -0.39 is 0 Å². The monoisotopic (exact) mass is 290 g/mol. The van der Waals surface area contributed by atoms with Crippen molar-refractivity contribution in [1.82, 2.24) is 9.97 Å². The minimum Gasteiger partial charge on any atom is -0.487 e. The highest BCUT2D eigenvalue weighted by molar-refractivity contribution is 6.31. The van der Waals surface area contributed by atoms with Crippen LogP contribution < -0.4 is 4.74 Å². The molecule has 0 fully saturated rings. The van der Waals surface area contributed by atoms with Crippen LogP contribution in [0, 0.1) is 6.92 Å². The SMILES string of the molecule is Cc1cc(OCc2ccncn2)c(C(C)(C)C)cc1Cl. The molecule has 0 aliphatic heterocycles. The van der Waals surface area contributed by atoms with Crippen LogP contribution in [0.25, 0.3) is 0 Å². The van der Waals surface area contributed by atoms with Crippen molar-refractivity contribution in [3.63, 3.8) is 0 Å². The van der Waals surface area contributed by atoms with Crippen LogP contribution >= 0.6 is 11.6 Å². The Kier molecular flexibility index (Phi) is 4.29. The van der Waals surface area contributed by atoms with E-state index in [1.807, 2.05) is 25.1 Å². The second-order valence-corrected chi connectivity index (χ2v) is 6.24. The van der Waals surface area contributed by atoms with Gasteiger partial charge in [-0.05, 0) is 36.1 Å². The molecule has 1 heterocycles. The van der Waals surface area contributed by atoms with Crippen LogP contribution in [-0.2, 0) is 12.0 Å². The van der Waals surface area contributed by atoms with Crippen molar-refractivity contribution < 1.29 is 4.74 Å². The zero-order chi connectivity index (χ0) is 14.8. The van der Waals surface area contributed by atoms with Crippen LogP contribution in [0.2, 0.25) is 5.02 Å². The number of benzene rings is 1. The maximum Gasteiger partial charge on any atom is 0.130 e. The van der Waals surface area contributed by atoms with Crippen LogP contribution in [-0.4, -0.2) is 9.97 Å². The number of hydrogen-bond acceptors (Lipinski definition) is 3. The lowest BCUT2D eigenvalue weighted by Crippen LogP contribution is -2.14. The molecule has 2 aromatic rings. The molecule has 0 atom stereocenters. The van der Waals surface area contributed by atoms with E-state index in [0.717, 1.165) is 27.6 Å². The Hall–Kier alpha value is -1.61. The Labute approximate surface area is 125 Å². The summed E-state index contributed by atoms with van der Waals surface area (Å²) < 4.78 is 5.94. The third-order valence-electron chi connectivity index (χ3n) is 3.09. The topological polar surface area (TPSA) is 35.0 Å². The summed E-state index contributed by atoms with van der Waals surface area (Å²) in [5.41, 5.74) is 2.94. The fourth-order valence-corrected chi connectivity index (χ4v) is 2.08. The van der Waals surface area contributed by atoms with Gasteiger partial charge in [0, 0.05) is 16.8 Å². The van der Waals surface area contributed by atoms with E-state index in [-0.39, 0.29) is 5.41 Å². The van der Waals surface area contributed by atoms with Gasteiger partial charge in [-0.1, -0.05) is 32.4 Å². The van der Waals surface area contributed by atoms with Gasteiger partial charge in [-0.15, -0.1) is 0 Å². The third-order valence-corrected chi connectivity index (χ3v) is 3.49. The van der Waals surface area contributed by atoms with Crippen LogP contribution in [0.15, 0.2) is 30.7 Å². The van der Waals surface area contributed by atoms with Crippen molar-refractivity contribution in [2.45, 2.75) is 39.7 Å². The molecule has 0 N–H and O–H groups in total. The van der Waals surface area contributed by atoms with Crippen LogP contribution in [0.4, 0.5) is 0 Å². The second-order valence-electron chi connectivity index (χ2n) is 5.84. The van der Waals surface area contributed by atoms with E-state index in [4.69, 9.17) is 16.3 Å². The lowest BCUT2D eigenvalue weighted by Gasteiger charge is -2.23. The predicted molar refractivity (Wildman–Crippen MR) is 81.3 cm³/mol. The fourth-order valence-electron chi connectivity index (χ4n) is 1.92. The molecule has 0 aliphatic rings. The standard InChI is InChI=1S/C16H19ClN2O/c1-11-7-15(13(8-14(11)17)16(2,3)4)20-9-12-5-6-18-10-19-12/h5-8,10H,9H2,1-4H3. The molecule has 106 valence electrons. The average Bonchev–Trinajstić information content (AvgIpc) is 2.39. The zero-order valence-electron chi connectivity index (χ0n) is 12.3. The van der Waals surface area contributed by atoms with E-state index in [1.54, 1.807) is 6.20 Å². The van der Waals surface area contributed by atoms with E-state index in [9.17, 15) is 0 Å². The highest BCUT2D eigenvalue weighted by Crippen LogP contribution is 2.35. The molecule has 3 nitrogen and oxygen atoms in total. The van der Waals surface area contributed by atoms with Crippen molar-refractivity contribution in [2.75, 3.05) is 0 Å². The van der Waals surface area contributed by atoms with E-state index >= 15 is 0 Å². The summed E-state index contributed by atoms with van der Waals surface area (Å²) in [6.07, 6.45) is 3.24. The molecule has 0 radical (unpaired) electrons. The molecule has 0 saturated carbocycles. The van der Waals surface area contributed by atoms with Gasteiger partial charge >= 0.3 is 0 Å². The highest BCUT2D eigenvalue weighted by atomic mass is 35.5. The summed E-state index contributed by atoms with van der Waals surface area (Å²) >= 11 is 6.23. The fraction of sp³-hybridized carbons (Fsp3) is 0.375. The molecule has 0 spiro atoms. The number of aromatic nitrogens is 2. The molecule has 2 rings (SSSR count). The Morgan fingerprint density at radius 3 is 2.60 bits per heavy atom. The highest BCUT2D eigenvalue weighted by Gasteiger charge is 2.20. The Morgan fingerprint density at radius 2 is 2.00 bits per heavy atom. The maximum absolute atomic E-state index is 6.23. The number of ether oxygens (including phenoxy) is 1. The minimum atomic E-state index is -0.0294. The van der Waals surface area contributed by atoms with E-state index in [1.165, 1.54) is 6.33 Å². The van der Waals surface area contributed by atoms with E-state index in [0.29, 0.717) is 6.61 Å². The summed E-state index contributed by atoms with van der Waals surface area (Å²) in [5.74, 6) is 0.859. The van der Waals surface area contributed by atoms with Gasteiger partial charge in [-0.25, -0.2) is 9.97 Å². The molecule has 1 aromatic carbocycles. The molecular weight excluding hydrogens is 272 g/mol. The van der Waals surface area contributed by atoms with Gasteiger partial charge in [0.25, 0.3) is 0 Å². The van der Waals surface area contributed by atoms with Gasteiger partial charge in [-0.2, -0.15) is 0 Å². The van der Waals surface area contributed by atoms with Gasteiger partial charge in [0.1, 0.15) is 18.7 Å². The number of aryl methyl sites for hydroxylation is 1. The minimum absolute atomic E-state index is 0.0294. The van der Waals surface area contributed by atoms with E-state index in [2.05, 4.69) is 30.7 Å². The zero-order valence-corrected chi connectivity index (χ0v) is 13.0. The van der Waals surface area contributed by atoms with Crippen LogP contribution in [0.1, 0.15) is 37.6 Å². The predicted octanol–water partition coefficient (Wildman–Crippen LogP) is 4.31. The largest absolute Gasteiger partial charge is 0.487 e. The second kappa shape index (κ2) is 5.80. The van der Waals surface area contributed by atoms with Crippen molar-refractivity contribution in [3.05, 3.63) is 52.6 Å². The first-order valence-electron chi connectivity index (χ1n) is 6.56. The molecule has 0 unspecified atom stereocenters. The number of hydrogen-bond donors (Lipinski definition) is 0. The molecule has 1 aromatic heterocycles. The summed E-state index contributed by atoms with van der Waals surface area (Å²) in [4.78, 5) is 8.06. The molecule has 4 heteroatoms. The van der Waals surface area contributed by atoms with Crippen molar-refractivity contribution in [3.8, 4) is 5.75 Å². The molecule has 20 heavy (non-hydrogen) atoms. The Morgan fingerprint density at radius 1 is 1.25 bits per heavy atom. The first-order valence-corrected chi connectivity index (χ1v) is 6.94. The smallest absolute Gasteiger partial charge is 0.130 e. The molecule has 0 bridgehead atoms. The lowest BCUT2D eigenvalue weighted by molar-refractivity contribution is 0.292. The Bertz CT molecular complexity index is 591. The van der Waals surface area contributed by atoms with Gasteiger partial charge in [-0.3, -0.25) is 0 Å².